The van der Waals surface area contributed by atoms with E-state index < -0.39 is 0 Å². The second-order valence-corrected chi connectivity index (χ2v) is 8.79. The van der Waals surface area contributed by atoms with Crippen LogP contribution in [-0.4, -0.2) is 27.4 Å². The van der Waals surface area contributed by atoms with Crippen molar-refractivity contribution in [2.45, 2.75) is 65.5 Å². The average molecular weight is 397 g/mol. The minimum absolute atomic E-state index is 0.0304. The van der Waals surface area contributed by atoms with Gasteiger partial charge in [-0.05, 0) is 36.5 Å². The predicted octanol–water partition coefficient (Wildman–Crippen LogP) is 3.93. The molecule has 1 aliphatic heterocycles. The largest absolute Gasteiger partial charge is 0.353 e. The summed E-state index contributed by atoms with van der Waals surface area (Å²) in [6.07, 6.45) is 5.65. The molecule has 6 nitrogen and oxygen atoms in total. The second kappa shape index (κ2) is 9.25. The molecular weight excluding hydrogens is 364 g/mol. The Morgan fingerprint density at radius 1 is 1.31 bits per heavy atom. The molecule has 3 rings (SSSR count). The number of nitrogens with zero attached hydrogens (tertiary/aromatic N) is 2. The van der Waals surface area contributed by atoms with Gasteiger partial charge in [-0.3, -0.25) is 9.59 Å². The van der Waals surface area contributed by atoms with Gasteiger partial charge >= 0.3 is 0 Å². The SMILES string of the molecule is CC(C)C[C@@H]1C[C@@H](C(=O)Nc2cccc(Cn3ccnc3C(C)C)c2)CC(=O)N1. The number of aromatic nitrogens is 2. The number of imidazole rings is 1. The van der Waals surface area contributed by atoms with Gasteiger partial charge < -0.3 is 15.2 Å². The van der Waals surface area contributed by atoms with Crippen LogP contribution in [-0.2, 0) is 16.1 Å². The molecule has 0 saturated carbocycles. The summed E-state index contributed by atoms with van der Waals surface area (Å²) >= 11 is 0. The second-order valence-electron chi connectivity index (χ2n) is 8.79. The molecule has 29 heavy (non-hydrogen) atoms. The molecule has 1 aromatic heterocycles. The number of amides is 2. The van der Waals surface area contributed by atoms with Crippen molar-refractivity contribution in [2.75, 3.05) is 5.32 Å². The van der Waals surface area contributed by atoms with Gasteiger partial charge in [-0.1, -0.05) is 39.8 Å². The maximum atomic E-state index is 12.8. The normalized spacial score (nSPS) is 19.4. The number of nitrogens with one attached hydrogen (secondary N) is 2. The molecule has 0 spiro atoms. The number of carbonyl (C=O) groups excluding carboxylic acids is 2. The van der Waals surface area contributed by atoms with Crippen LogP contribution in [0.1, 0.15) is 64.3 Å². The Labute approximate surface area is 173 Å². The van der Waals surface area contributed by atoms with Crippen LogP contribution < -0.4 is 10.6 Å². The van der Waals surface area contributed by atoms with Crippen LogP contribution in [0.15, 0.2) is 36.7 Å². The fourth-order valence-electron chi connectivity index (χ4n) is 4.06. The lowest BCUT2D eigenvalue weighted by molar-refractivity contribution is -0.131. The van der Waals surface area contributed by atoms with E-state index in [1.807, 2.05) is 36.7 Å². The summed E-state index contributed by atoms with van der Waals surface area (Å²) < 4.78 is 2.13. The number of carbonyl (C=O) groups is 2. The van der Waals surface area contributed by atoms with E-state index in [1.54, 1.807) is 0 Å². The van der Waals surface area contributed by atoms with Crippen LogP contribution in [0.5, 0.6) is 0 Å². The molecule has 1 saturated heterocycles. The molecular formula is C23H32N4O2. The molecule has 0 radical (unpaired) electrons. The summed E-state index contributed by atoms with van der Waals surface area (Å²) in [4.78, 5) is 29.3. The number of anilines is 1. The first-order chi connectivity index (χ1) is 13.8. The van der Waals surface area contributed by atoms with Crippen molar-refractivity contribution >= 4 is 17.5 Å². The smallest absolute Gasteiger partial charge is 0.228 e. The number of hydrogen-bond acceptors (Lipinski definition) is 3. The zero-order chi connectivity index (χ0) is 21.0. The predicted molar refractivity (Wildman–Crippen MR) is 115 cm³/mol. The number of piperidine rings is 1. The van der Waals surface area contributed by atoms with E-state index >= 15 is 0 Å². The summed E-state index contributed by atoms with van der Waals surface area (Å²) in [5.41, 5.74) is 1.87. The summed E-state index contributed by atoms with van der Waals surface area (Å²) in [7, 11) is 0. The van der Waals surface area contributed by atoms with Gasteiger partial charge in [0, 0.05) is 48.9 Å². The fraction of sp³-hybridized carbons (Fsp3) is 0.522. The lowest BCUT2D eigenvalue weighted by Gasteiger charge is -2.30. The van der Waals surface area contributed by atoms with Gasteiger partial charge in [-0.25, -0.2) is 4.98 Å². The van der Waals surface area contributed by atoms with Gasteiger partial charge in [0.1, 0.15) is 5.82 Å². The highest BCUT2D eigenvalue weighted by molar-refractivity contribution is 5.95. The third-order valence-electron chi connectivity index (χ3n) is 5.30. The van der Waals surface area contributed by atoms with E-state index in [4.69, 9.17) is 0 Å². The Morgan fingerprint density at radius 2 is 2.10 bits per heavy atom. The Bertz CT molecular complexity index is 856. The van der Waals surface area contributed by atoms with E-state index in [0.29, 0.717) is 24.8 Å². The third-order valence-corrected chi connectivity index (χ3v) is 5.30. The Morgan fingerprint density at radius 3 is 2.83 bits per heavy atom. The maximum Gasteiger partial charge on any atom is 0.228 e. The lowest BCUT2D eigenvalue weighted by atomic mass is 9.87. The van der Waals surface area contributed by atoms with Crippen LogP contribution in [0.4, 0.5) is 5.69 Å². The quantitative estimate of drug-likeness (QED) is 0.744. The number of benzene rings is 1. The first kappa shape index (κ1) is 21.1. The van der Waals surface area contributed by atoms with E-state index in [1.165, 1.54) is 0 Å². The molecule has 1 aliphatic rings. The van der Waals surface area contributed by atoms with Crippen molar-refractivity contribution in [1.29, 1.82) is 0 Å². The molecule has 1 aromatic carbocycles. The highest BCUT2D eigenvalue weighted by Gasteiger charge is 2.31. The molecule has 0 bridgehead atoms. The molecule has 0 aliphatic carbocycles. The van der Waals surface area contributed by atoms with Gasteiger partial charge in [0.15, 0.2) is 0 Å². The van der Waals surface area contributed by atoms with Gasteiger partial charge in [0.2, 0.25) is 11.8 Å². The molecule has 2 heterocycles. The molecule has 1 fully saturated rings. The lowest BCUT2D eigenvalue weighted by Crippen LogP contribution is -2.46. The van der Waals surface area contributed by atoms with E-state index in [2.05, 4.69) is 47.9 Å². The average Bonchev–Trinajstić information content (AvgIpc) is 3.09. The van der Waals surface area contributed by atoms with Crippen molar-refractivity contribution in [1.82, 2.24) is 14.9 Å². The van der Waals surface area contributed by atoms with Crippen LogP contribution in [0.3, 0.4) is 0 Å². The molecule has 0 unspecified atom stereocenters. The van der Waals surface area contributed by atoms with Gasteiger partial charge in [-0.2, -0.15) is 0 Å². The molecule has 2 aromatic rings. The van der Waals surface area contributed by atoms with Gasteiger partial charge in [-0.15, -0.1) is 0 Å². The topological polar surface area (TPSA) is 76.0 Å². The number of hydrogen-bond donors (Lipinski definition) is 2. The van der Waals surface area contributed by atoms with E-state index in [-0.39, 0.29) is 30.2 Å². The first-order valence-corrected chi connectivity index (χ1v) is 10.5. The van der Waals surface area contributed by atoms with Crippen molar-refractivity contribution in [3.05, 3.63) is 48.0 Å². The Balaban J connectivity index is 1.65. The van der Waals surface area contributed by atoms with Crippen LogP contribution >= 0.6 is 0 Å². The van der Waals surface area contributed by atoms with Crippen LogP contribution in [0.2, 0.25) is 0 Å². The number of rotatable bonds is 7. The zero-order valence-corrected chi connectivity index (χ0v) is 17.8. The first-order valence-electron chi connectivity index (χ1n) is 10.5. The standard InChI is InChI=1S/C23H32N4O2/c1-15(2)10-20-12-18(13-21(28)25-20)23(29)26-19-7-5-6-17(11-19)14-27-9-8-24-22(27)16(3)4/h5-9,11,15-16,18,20H,10,12-14H2,1-4H3,(H,25,28)(H,26,29)/t18-,20-/m1/s1. The van der Waals surface area contributed by atoms with Crippen molar-refractivity contribution in [2.24, 2.45) is 11.8 Å². The van der Waals surface area contributed by atoms with Crippen molar-refractivity contribution in [3.63, 3.8) is 0 Å². The van der Waals surface area contributed by atoms with Gasteiger partial charge in [0.05, 0.1) is 0 Å². The van der Waals surface area contributed by atoms with Crippen molar-refractivity contribution in [3.8, 4) is 0 Å². The van der Waals surface area contributed by atoms with Crippen LogP contribution in [0, 0.1) is 11.8 Å². The van der Waals surface area contributed by atoms with Crippen molar-refractivity contribution < 1.29 is 9.59 Å². The van der Waals surface area contributed by atoms with E-state index in [0.717, 1.165) is 23.5 Å². The van der Waals surface area contributed by atoms with E-state index in [9.17, 15) is 9.59 Å². The monoisotopic (exact) mass is 396 g/mol. The zero-order valence-electron chi connectivity index (χ0n) is 17.8. The van der Waals surface area contributed by atoms with Crippen LogP contribution in [0.25, 0.3) is 0 Å². The third kappa shape index (κ3) is 5.68. The Kier molecular flexibility index (Phi) is 6.72. The molecule has 2 amide bonds. The molecule has 156 valence electrons. The molecule has 6 heteroatoms. The minimum Gasteiger partial charge on any atom is -0.353 e. The molecule has 2 atom stereocenters. The highest BCUT2D eigenvalue weighted by Crippen LogP contribution is 2.24. The van der Waals surface area contributed by atoms with Gasteiger partial charge in [0.25, 0.3) is 0 Å². The maximum absolute atomic E-state index is 12.8. The fourth-order valence-corrected chi connectivity index (χ4v) is 4.06. The molecule has 2 N–H and O–H groups in total. The summed E-state index contributed by atoms with van der Waals surface area (Å²) in [6.45, 7) is 9.23. The summed E-state index contributed by atoms with van der Waals surface area (Å²) in [6, 6.07) is 7.97. The highest BCUT2D eigenvalue weighted by atomic mass is 16.2. The Hall–Kier alpha value is -2.63. The minimum atomic E-state index is -0.280. The summed E-state index contributed by atoms with van der Waals surface area (Å²) in [5.74, 6) is 1.50. The summed E-state index contributed by atoms with van der Waals surface area (Å²) in [5, 5.41) is 6.04.